The molecule has 0 spiro atoms. The van der Waals surface area contributed by atoms with Crippen molar-refractivity contribution in [3.63, 3.8) is 0 Å². The summed E-state index contributed by atoms with van der Waals surface area (Å²) < 4.78 is 11.3. The first kappa shape index (κ1) is 9.19. The van der Waals surface area contributed by atoms with Gasteiger partial charge in [-0.05, 0) is 25.8 Å². The molecule has 1 heterocycles. The van der Waals surface area contributed by atoms with Crippen molar-refractivity contribution in [2.75, 3.05) is 0 Å². The van der Waals surface area contributed by atoms with Gasteiger partial charge in [-0.25, -0.2) is 0 Å². The fraction of sp³-hybridized carbons (Fsp3) is 0.800. The standard InChI is InChI=1S/C10H16O3/c1-4-6-5-7(11)9-8(6)12-10(2,3)13-9/h5,7-9,11H,4H2,1-3H3/t7-,8+,9-/m0/s1. The number of ether oxygens (including phenoxy) is 2. The van der Waals surface area contributed by atoms with Crippen LogP contribution < -0.4 is 0 Å². The van der Waals surface area contributed by atoms with E-state index >= 15 is 0 Å². The maximum Gasteiger partial charge on any atom is 0.164 e. The highest BCUT2D eigenvalue weighted by Crippen LogP contribution is 2.39. The average Bonchev–Trinajstić information content (AvgIpc) is 2.47. The Morgan fingerprint density at radius 2 is 2.15 bits per heavy atom. The Hall–Kier alpha value is -0.380. The Labute approximate surface area is 78.3 Å². The lowest BCUT2D eigenvalue weighted by atomic mass is 10.1. The van der Waals surface area contributed by atoms with E-state index in [1.807, 2.05) is 19.9 Å². The van der Waals surface area contributed by atoms with Crippen LogP contribution in [-0.4, -0.2) is 29.2 Å². The minimum Gasteiger partial charge on any atom is -0.386 e. The number of hydrogen-bond donors (Lipinski definition) is 1. The summed E-state index contributed by atoms with van der Waals surface area (Å²) >= 11 is 0. The van der Waals surface area contributed by atoms with E-state index in [1.54, 1.807) is 0 Å². The SMILES string of the molecule is CCC1=C[C@H](O)[C@@H]2OC(C)(C)O[C@H]12. The molecule has 1 aliphatic carbocycles. The summed E-state index contributed by atoms with van der Waals surface area (Å²) in [6.45, 7) is 5.83. The van der Waals surface area contributed by atoms with E-state index in [2.05, 4.69) is 6.92 Å². The fourth-order valence-corrected chi connectivity index (χ4v) is 2.05. The molecule has 0 saturated carbocycles. The number of aliphatic hydroxyl groups excluding tert-OH is 1. The first-order valence-electron chi connectivity index (χ1n) is 4.78. The Morgan fingerprint density at radius 3 is 2.77 bits per heavy atom. The lowest BCUT2D eigenvalue weighted by Gasteiger charge is -2.18. The van der Waals surface area contributed by atoms with E-state index in [9.17, 15) is 5.11 Å². The summed E-state index contributed by atoms with van der Waals surface area (Å²) in [6, 6.07) is 0. The van der Waals surface area contributed by atoms with Crippen molar-refractivity contribution in [3.05, 3.63) is 11.6 Å². The number of aliphatic hydroxyl groups is 1. The molecule has 1 N–H and O–H groups in total. The highest BCUT2D eigenvalue weighted by atomic mass is 16.8. The molecule has 3 heteroatoms. The van der Waals surface area contributed by atoms with Crippen molar-refractivity contribution in [3.8, 4) is 0 Å². The van der Waals surface area contributed by atoms with Crippen LogP contribution in [0, 0.1) is 0 Å². The summed E-state index contributed by atoms with van der Waals surface area (Å²) in [5, 5.41) is 9.65. The zero-order valence-electron chi connectivity index (χ0n) is 8.28. The second-order valence-electron chi connectivity index (χ2n) is 4.11. The maximum absolute atomic E-state index is 9.65. The molecule has 2 rings (SSSR count). The Bertz CT molecular complexity index is 245. The summed E-state index contributed by atoms with van der Waals surface area (Å²) in [5.41, 5.74) is 1.16. The monoisotopic (exact) mass is 184 g/mol. The molecule has 0 unspecified atom stereocenters. The third-order valence-electron chi connectivity index (χ3n) is 2.62. The molecule has 3 atom stereocenters. The molecule has 1 saturated heterocycles. The van der Waals surface area contributed by atoms with Crippen molar-refractivity contribution in [2.24, 2.45) is 0 Å². The van der Waals surface area contributed by atoms with Gasteiger partial charge in [0, 0.05) is 0 Å². The minimum atomic E-state index is -0.551. The summed E-state index contributed by atoms with van der Waals surface area (Å²) in [5.74, 6) is -0.551. The van der Waals surface area contributed by atoms with Crippen LogP contribution >= 0.6 is 0 Å². The second-order valence-corrected chi connectivity index (χ2v) is 4.11. The third kappa shape index (κ3) is 1.41. The Morgan fingerprint density at radius 1 is 1.46 bits per heavy atom. The van der Waals surface area contributed by atoms with E-state index in [4.69, 9.17) is 9.47 Å². The molecular weight excluding hydrogens is 168 g/mol. The van der Waals surface area contributed by atoms with Gasteiger partial charge in [-0.2, -0.15) is 0 Å². The van der Waals surface area contributed by atoms with Gasteiger partial charge in [-0.1, -0.05) is 13.0 Å². The number of rotatable bonds is 1. The van der Waals surface area contributed by atoms with Gasteiger partial charge in [0.1, 0.15) is 18.3 Å². The highest BCUT2D eigenvalue weighted by Gasteiger charge is 2.48. The molecule has 2 aliphatic rings. The third-order valence-corrected chi connectivity index (χ3v) is 2.62. The van der Waals surface area contributed by atoms with E-state index in [0.717, 1.165) is 12.0 Å². The van der Waals surface area contributed by atoms with Gasteiger partial charge in [0.05, 0.1) is 0 Å². The van der Waals surface area contributed by atoms with Gasteiger partial charge in [0.25, 0.3) is 0 Å². The first-order valence-corrected chi connectivity index (χ1v) is 4.78. The topological polar surface area (TPSA) is 38.7 Å². The molecule has 0 aromatic rings. The molecule has 0 aromatic heterocycles. The van der Waals surface area contributed by atoms with E-state index < -0.39 is 11.9 Å². The van der Waals surface area contributed by atoms with Crippen LogP contribution in [0.15, 0.2) is 11.6 Å². The highest BCUT2D eigenvalue weighted by molar-refractivity contribution is 5.24. The molecule has 13 heavy (non-hydrogen) atoms. The summed E-state index contributed by atoms with van der Waals surface area (Å²) in [4.78, 5) is 0. The molecule has 3 nitrogen and oxygen atoms in total. The molecule has 0 bridgehead atoms. The largest absolute Gasteiger partial charge is 0.386 e. The fourth-order valence-electron chi connectivity index (χ4n) is 2.05. The van der Waals surface area contributed by atoms with Crippen LogP contribution in [0.2, 0.25) is 0 Å². The molecule has 0 aromatic carbocycles. The van der Waals surface area contributed by atoms with Crippen molar-refractivity contribution in [1.82, 2.24) is 0 Å². The smallest absolute Gasteiger partial charge is 0.164 e. The van der Waals surface area contributed by atoms with Crippen LogP contribution in [0.25, 0.3) is 0 Å². The van der Waals surface area contributed by atoms with Crippen LogP contribution in [0.5, 0.6) is 0 Å². The Balaban J connectivity index is 2.19. The zero-order chi connectivity index (χ0) is 9.64. The second kappa shape index (κ2) is 2.80. The molecule has 74 valence electrons. The van der Waals surface area contributed by atoms with Gasteiger partial charge < -0.3 is 14.6 Å². The normalized spacial score (nSPS) is 41.8. The van der Waals surface area contributed by atoms with Gasteiger partial charge in [-0.3, -0.25) is 0 Å². The van der Waals surface area contributed by atoms with Crippen LogP contribution in [0.1, 0.15) is 27.2 Å². The number of hydrogen-bond acceptors (Lipinski definition) is 3. The minimum absolute atomic E-state index is 0.0324. The lowest BCUT2D eigenvalue weighted by Crippen LogP contribution is -2.29. The van der Waals surface area contributed by atoms with Gasteiger partial charge in [0.2, 0.25) is 0 Å². The van der Waals surface area contributed by atoms with Crippen molar-refractivity contribution < 1.29 is 14.6 Å². The molecule has 1 fully saturated rings. The van der Waals surface area contributed by atoms with E-state index in [1.165, 1.54) is 0 Å². The summed E-state index contributed by atoms with van der Waals surface area (Å²) in [6.07, 6.45) is 2.05. The quantitative estimate of drug-likeness (QED) is 0.623. The first-order chi connectivity index (χ1) is 6.03. The lowest BCUT2D eigenvalue weighted by molar-refractivity contribution is -0.152. The van der Waals surface area contributed by atoms with Gasteiger partial charge in [0.15, 0.2) is 5.79 Å². The molecular formula is C10H16O3. The van der Waals surface area contributed by atoms with Crippen LogP contribution in [0.3, 0.4) is 0 Å². The predicted molar refractivity (Wildman–Crippen MR) is 48.2 cm³/mol. The van der Waals surface area contributed by atoms with Crippen molar-refractivity contribution >= 4 is 0 Å². The molecule has 1 aliphatic heterocycles. The van der Waals surface area contributed by atoms with Crippen molar-refractivity contribution in [1.29, 1.82) is 0 Å². The van der Waals surface area contributed by atoms with Crippen LogP contribution in [-0.2, 0) is 9.47 Å². The predicted octanol–water partition coefficient (Wildman–Crippen LogP) is 1.22. The van der Waals surface area contributed by atoms with Gasteiger partial charge >= 0.3 is 0 Å². The molecule has 0 radical (unpaired) electrons. The maximum atomic E-state index is 9.65. The molecule has 0 amide bonds. The number of fused-ring (bicyclic) bond motifs is 1. The average molecular weight is 184 g/mol. The van der Waals surface area contributed by atoms with E-state index in [-0.39, 0.29) is 12.2 Å². The van der Waals surface area contributed by atoms with Crippen molar-refractivity contribution in [2.45, 2.75) is 51.3 Å². The Kier molecular flexibility index (Phi) is 1.98. The van der Waals surface area contributed by atoms with E-state index in [0.29, 0.717) is 0 Å². The van der Waals surface area contributed by atoms with Gasteiger partial charge in [-0.15, -0.1) is 0 Å². The zero-order valence-corrected chi connectivity index (χ0v) is 8.28. The van der Waals surface area contributed by atoms with Crippen LogP contribution in [0.4, 0.5) is 0 Å². The summed E-state index contributed by atoms with van der Waals surface area (Å²) in [7, 11) is 0.